The average Bonchev–Trinajstić information content (AvgIpc) is 2.48. The molecular weight excluding hydrogens is 431 g/mol. The summed E-state index contributed by atoms with van der Waals surface area (Å²) >= 11 is 0. The Hall–Kier alpha value is -2.50. The molecule has 12 heteroatoms. The minimum atomic E-state index is -5.84. The smallest absolute Gasteiger partial charge is 0.458 e. The maximum Gasteiger partial charge on any atom is 0.534 e. The molecule has 0 fully saturated rings. The Morgan fingerprint density at radius 1 is 0.900 bits per heavy atom. The molecule has 170 valence electrons. The van der Waals surface area contributed by atoms with Crippen LogP contribution in [0.15, 0.2) is 24.3 Å². The molecule has 1 atom stereocenters. The summed E-state index contributed by atoms with van der Waals surface area (Å²) in [5.41, 5.74) is -7.24. The van der Waals surface area contributed by atoms with E-state index in [1.54, 1.807) is 41.5 Å². The topological polar surface area (TPSA) is 108 Å². The zero-order chi connectivity index (χ0) is 23.5. The lowest BCUT2D eigenvalue weighted by Gasteiger charge is -2.26. The Morgan fingerprint density at radius 3 is 1.77 bits per heavy atom. The van der Waals surface area contributed by atoms with E-state index >= 15 is 0 Å². The summed E-state index contributed by atoms with van der Waals surface area (Å²) in [5.74, 6) is -1.48. The van der Waals surface area contributed by atoms with Crippen LogP contribution in [0.2, 0.25) is 0 Å². The normalized spacial score (nSPS) is 13.9. The molecule has 8 nitrogen and oxygen atoms in total. The molecule has 30 heavy (non-hydrogen) atoms. The van der Waals surface area contributed by atoms with Gasteiger partial charge in [-0.05, 0) is 59.2 Å². The lowest BCUT2D eigenvalue weighted by molar-refractivity contribution is -0.157. The number of alkyl carbamates (subject to hydrolysis) is 1. The van der Waals surface area contributed by atoms with Crippen molar-refractivity contribution in [3.05, 3.63) is 29.8 Å². The molecule has 0 aliphatic carbocycles. The predicted molar refractivity (Wildman–Crippen MR) is 100 cm³/mol. The van der Waals surface area contributed by atoms with Crippen molar-refractivity contribution < 1.29 is 44.8 Å². The van der Waals surface area contributed by atoms with Crippen LogP contribution in [0.3, 0.4) is 0 Å². The van der Waals surface area contributed by atoms with Gasteiger partial charge in [-0.3, -0.25) is 0 Å². The molecule has 0 spiro atoms. The molecule has 1 aromatic rings. The second-order valence-electron chi connectivity index (χ2n) is 8.16. The summed E-state index contributed by atoms with van der Waals surface area (Å²) in [6, 6.07) is 2.69. The van der Waals surface area contributed by atoms with E-state index in [2.05, 4.69) is 9.50 Å². The van der Waals surface area contributed by atoms with Gasteiger partial charge in [-0.1, -0.05) is 12.1 Å². The quantitative estimate of drug-likeness (QED) is 0.408. The van der Waals surface area contributed by atoms with Gasteiger partial charge >= 0.3 is 27.7 Å². The molecule has 1 aromatic carbocycles. The molecular formula is C18H24F3NO7S. The van der Waals surface area contributed by atoms with Crippen LogP contribution in [0.5, 0.6) is 5.75 Å². The summed E-state index contributed by atoms with van der Waals surface area (Å²) in [7, 11) is -5.84. The average molecular weight is 455 g/mol. The standard InChI is InChI=1S/C18H24F3NO7S/c1-16(2,3)27-14(23)13(22-15(24)28-17(4,5)6)11-7-9-12(10-8-11)29-30(25,26)18(19,20)21/h7-10,13H,1-6H3,(H,22,24)/t13-/m0/s1. The van der Waals surface area contributed by atoms with Gasteiger partial charge in [0.15, 0.2) is 6.04 Å². The summed E-state index contributed by atoms with van der Waals surface area (Å²) in [6.07, 6.45) is -0.932. The number of rotatable bonds is 5. The van der Waals surface area contributed by atoms with Gasteiger partial charge in [0.05, 0.1) is 0 Å². The van der Waals surface area contributed by atoms with Crippen molar-refractivity contribution in [2.24, 2.45) is 0 Å². The SMILES string of the molecule is CC(C)(C)OC(=O)N[C@H](C(=O)OC(C)(C)C)c1ccc(OS(=O)(=O)C(F)(F)F)cc1. The Balaban J connectivity index is 3.15. The molecule has 0 aromatic heterocycles. The third kappa shape index (κ3) is 8.09. The van der Waals surface area contributed by atoms with Gasteiger partial charge in [0, 0.05) is 0 Å². The van der Waals surface area contributed by atoms with E-state index in [4.69, 9.17) is 9.47 Å². The van der Waals surface area contributed by atoms with E-state index in [9.17, 15) is 31.2 Å². The van der Waals surface area contributed by atoms with Crippen LogP contribution in [-0.4, -0.2) is 37.2 Å². The fraction of sp³-hybridized carbons (Fsp3) is 0.556. The number of hydrogen-bond donors (Lipinski definition) is 1. The summed E-state index contributed by atoms with van der Waals surface area (Å²) in [6.45, 7) is 9.66. The number of ether oxygens (including phenoxy) is 2. The summed E-state index contributed by atoms with van der Waals surface area (Å²) in [4.78, 5) is 24.6. The predicted octanol–water partition coefficient (Wildman–Crippen LogP) is 3.82. The Kier molecular flexibility index (Phi) is 7.41. The number of carbonyl (C=O) groups is 2. The van der Waals surface area contributed by atoms with Gasteiger partial charge in [0.1, 0.15) is 17.0 Å². The lowest BCUT2D eigenvalue weighted by Crippen LogP contribution is -2.40. The van der Waals surface area contributed by atoms with Gasteiger partial charge in [0.2, 0.25) is 0 Å². The van der Waals surface area contributed by atoms with Crippen molar-refractivity contribution in [2.45, 2.75) is 64.3 Å². The molecule has 0 unspecified atom stereocenters. The van der Waals surface area contributed by atoms with E-state index in [0.29, 0.717) is 0 Å². The van der Waals surface area contributed by atoms with Crippen LogP contribution in [0.4, 0.5) is 18.0 Å². The van der Waals surface area contributed by atoms with Gasteiger partial charge < -0.3 is 19.0 Å². The van der Waals surface area contributed by atoms with E-state index in [1.165, 1.54) is 0 Å². The Morgan fingerprint density at radius 2 is 1.37 bits per heavy atom. The van der Waals surface area contributed by atoms with Crippen LogP contribution < -0.4 is 9.50 Å². The van der Waals surface area contributed by atoms with E-state index in [-0.39, 0.29) is 5.56 Å². The van der Waals surface area contributed by atoms with E-state index < -0.39 is 50.7 Å². The van der Waals surface area contributed by atoms with Crippen molar-refractivity contribution in [3.8, 4) is 5.75 Å². The highest BCUT2D eigenvalue weighted by Gasteiger charge is 2.48. The van der Waals surface area contributed by atoms with Gasteiger partial charge in [-0.2, -0.15) is 21.6 Å². The molecule has 0 bridgehead atoms. The first-order chi connectivity index (χ1) is 13.3. The van der Waals surface area contributed by atoms with Crippen LogP contribution in [0.25, 0.3) is 0 Å². The third-order valence-corrected chi connectivity index (χ3v) is 3.99. The van der Waals surface area contributed by atoms with Crippen molar-refractivity contribution in [3.63, 3.8) is 0 Å². The van der Waals surface area contributed by atoms with Crippen LogP contribution in [0.1, 0.15) is 53.1 Å². The van der Waals surface area contributed by atoms with Crippen LogP contribution in [-0.2, 0) is 24.4 Å². The molecule has 1 N–H and O–H groups in total. The summed E-state index contributed by atoms with van der Waals surface area (Å²) in [5, 5.41) is 2.33. The van der Waals surface area contributed by atoms with Crippen LogP contribution in [0, 0.1) is 0 Å². The molecule has 0 saturated heterocycles. The Bertz CT molecular complexity index is 867. The fourth-order valence-electron chi connectivity index (χ4n) is 1.95. The maximum atomic E-state index is 12.5. The number of hydrogen-bond acceptors (Lipinski definition) is 7. The first kappa shape index (κ1) is 25.5. The number of benzene rings is 1. The van der Waals surface area contributed by atoms with E-state index in [0.717, 1.165) is 24.3 Å². The highest BCUT2D eigenvalue weighted by atomic mass is 32.2. The van der Waals surface area contributed by atoms with Crippen molar-refractivity contribution in [1.82, 2.24) is 5.32 Å². The molecule has 0 radical (unpaired) electrons. The highest BCUT2D eigenvalue weighted by molar-refractivity contribution is 7.88. The lowest BCUT2D eigenvalue weighted by atomic mass is 10.1. The number of nitrogens with one attached hydrogen (secondary N) is 1. The van der Waals surface area contributed by atoms with Crippen LogP contribution >= 0.6 is 0 Å². The molecule has 0 heterocycles. The number of alkyl halides is 3. The van der Waals surface area contributed by atoms with Crippen molar-refractivity contribution in [1.29, 1.82) is 0 Å². The third-order valence-electron chi connectivity index (χ3n) is 3.01. The van der Waals surface area contributed by atoms with Gasteiger partial charge in [0.25, 0.3) is 0 Å². The number of amides is 1. The number of halogens is 3. The number of carbonyl (C=O) groups excluding carboxylic acids is 2. The monoisotopic (exact) mass is 455 g/mol. The van der Waals surface area contributed by atoms with E-state index in [1.807, 2.05) is 0 Å². The van der Waals surface area contributed by atoms with Gasteiger partial charge in [-0.25, -0.2) is 9.59 Å². The molecule has 0 saturated carbocycles. The minimum absolute atomic E-state index is 0.104. The minimum Gasteiger partial charge on any atom is -0.458 e. The fourth-order valence-corrected chi connectivity index (χ4v) is 2.41. The van der Waals surface area contributed by atoms with Gasteiger partial charge in [-0.15, -0.1) is 0 Å². The molecule has 0 aliphatic rings. The van der Waals surface area contributed by atoms with Crippen molar-refractivity contribution in [2.75, 3.05) is 0 Å². The van der Waals surface area contributed by atoms with Crippen molar-refractivity contribution >= 4 is 22.2 Å². The molecule has 1 amide bonds. The largest absolute Gasteiger partial charge is 0.534 e. The highest BCUT2D eigenvalue weighted by Crippen LogP contribution is 2.28. The second-order valence-corrected chi connectivity index (χ2v) is 9.70. The first-order valence-electron chi connectivity index (χ1n) is 8.64. The summed E-state index contributed by atoms with van der Waals surface area (Å²) < 4.78 is 73.9. The molecule has 0 aliphatic heterocycles. The molecule has 1 rings (SSSR count). The Labute approximate surface area is 172 Å². The first-order valence-corrected chi connectivity index (χ1v) is 10.0. The zero-order valence-corrected chi connectivity index (χ0v) is 18.1. The maximum absolute atomic E-state index is 12.5. The zero-order valence-electron chi connectivity index (χ0n) is 17.3. The second kappa shape index (κ2) is 8.70. The number of esters is 1.